The van der Waals surface area contributed by atoms with Gasteiger partial charge in [-0.25, -0.2) is 0 Å². The van der Waals surface area contributed by atoms with Crippen LogP contribution in [0.5, 0.6) is 0 Å². The molecule has 0 aromatic carbocycles. The van der Waals surface area contributed by atoms with Crippen molar-refractivity contribution in [2.75, 3.05) is 6.61 Å². The Morgan fingerprint density at radius 1 is 0.343 bits per heavy atom. The van der Waals surface area contributed by atoms with E-state index in [0.717, 1.165) is 38.5 Å². The molecule has 0 saturated heterocycles. The Morgan fingerprint density at radius 3 is 0.914 bits per heavy atom. The third-order valence-corrected chi connectivity index (χ3v) is 14.8. The van der Waals surface area contributed by atoms with Gasteiger partial charge in [-0.05, 0) is 64.2 Å². The predicted octanol–water partition coefficient (Wildman–Crippen LogP) is 21.4. The van der Waals surface area contributed by atoms with Crippen LogP contribution in [0.4, 0.5) is 0 Å². The Labute approximate surface area is 439 Å². The van der Waals surface area contributed by atoms with Crippen LogP contribution in [-0.2, 0) is 4.79 Å². The van der Waals surface area contributed by atoms with E-state index in [4.69, 9.17) is 0 Å². The minimum absolute atomic E-state index is 0.0687. The van der Waals surface area contributed by atoms with Crippen LogP contribution >= 0.6 is 0 Å². The molecule has 2 atom stereocenters. The molecule has 4 nitrogen and oxygen atoms in total. The van der Waals surface area contributed by atoms with Crippen LogP contribution in [0.25, 0.3) is 0 Å². The van der Waals surface area contributed by atoms with Crippen molar-refractivity contribution in [1.29, 1.82) is 0 Å². The molecule has 0 aromatic rings. The molecule has 0 bridgehead atoms. The molecular formula is C66H125NO3. The minimum Gasteiger partial charge on any atom is -0.394 e. The Balaban J connectivity index is 3.48. The normalized spacial score (nSPS) is 13.0. The number of hydrogen-bond donors (Lipinski definition) is 3. The van der Waals surface area contributed by atoms with E-state index < -0.39 is 12.1 Å². The molecule has 0 aliphatic rings. The second kappa shape index (κ2) is 61.6. The van der Waals surface area contributed by atoms with Crippen LogP contribution in [0, 0.1) is 0 Å². The van der Waals surface area contributed by atoms with Crippen LogP contribution in [0.3, 0.4) is 0 Å². The number of rotatable bonds is 59. The number of nitrogens with one attached hydrogen (secondary N) is 1. The summed E-state index contributed by atoms with van der Waals surface area (Å²) in [7, 11) is 0. The maximum Gasteiger partial charge on any atom is 0.220 e. The number of unbranched alkanes of at least 4 members (excludes halogenated alkanes) is 46. The second-order valence-electron chi connectivity index (χ2n) is 21.8. The van der Waals surface area contributed by atoms with Gasteiger partial charge in [0.15, 0.2) is 0 Å². The fourth-order valence-electron chi connectivity index (χ4n) is 9.94. The maximum atomic E-state index is 12.5. The third kappa shape index (κ3) is 57.3. The minimum atomic E-state index is -0.864. The lowest BCUT2D eigenvalue weighted by molar-refractivity contribution is -0.123. The van der Waals surface area contributed by atoms with Crippen LogP contribution < -0.4 is 5.32 Å². The zero-order valence-electron chi connectivity index (χ0n) is 47.6. The van der Waals surface area contributed by atoms with Crippen molar-refractivity contribution >= 4 is 5.91 Å². The van der Waals surface area contributed by atoms with Crippen LogP contribution in [0.1, 0.15) is 348 Å². The molecule has 2 unspecified atom stereocenters. The molecule has 0 spiro atoms. The lowest BCUT2D eigenvalue weighted by atomic mass is 10.0. The van der Waals surface area contributed by atoms with Crippen molar-refractivity contribution < 1.29 is 15.0 Å². The fourth-order valence-corrected chi connectivity index (χ4v) is 9.94. The number of hydrogen-bond acceptors (Lipinski definition) is 3. The van der Waals surface area contributed by atoms with Gasteiger partial charge in [-0.1, -0.05) is 326 Å². The first-order valence-electron chi connectivity index (χ1n) is 31.9. The van der Waals surface area contributed by atoms with E-state index in [2.05, 4.69) is 55.6 Å². The highest BCUT2D eigenvalue weighted by atomic mass is 16.3. The number of aliphatic hydroxyl groups is 2. The van der Waals surface area contributed by atoms with Crippen molar-refractivity contribution in [3.8, 4) is 0 Å². The SMILES string of the molecule is CCCCCCCCCCC/C=C\C/C=C\CCCCCCCCCCCCCCCCCCCC(=O)NC(CO)C(O)/C=C/CC/C=C/CCCCCCCCCCCCCCCCCCCCC. The first kappa shape index (κ1) is 68.4. The lowest BCUT2D eigenvalue weighted by Crippen LogP contribution is -2.45. The summed E-state index contributed by atoms with van der Waals surface area (Å²) in [4.78, 5) is 12.5. The molecule has 0 saturated carbocycles. The van der Waals surface area contributed by atoms with Crippen molar-refractivity contribution in [2.45, 2.75) is 360 Å². The fraction of sp³-hybridized carbons (Fsp3) is 0.864. The van der Waals surface area contributed by atoms with Crippen LogP contribution in [-0.4, -0.2) is 34.9 Å². The highest BCUT2D eigenvalue weighted by Gasteiger charge is 2.18. The first-order chi connectivity index (χ1) is 34.7. The van der Waals surface area contributed by atoms with Gasteiger partial charge in [0.25, 0.3) is 0 Å². The molecule has 1 amide bonds. The third-order valence-electron chi connectivity index (χ3n) is 14.8. The van der Waals surface area contributed by atoms with E-state index >= 15 is 0 Å². The van der Waals surface area contributed by atoms with Gasteiger partial charge < -0.3 is 15.5 Å². The van der Waals surface area contributed by atoms with E-state index in [9.17, 15) is 15.0 Å². The van der Waals surface area contributed by atoms with Gasteiger partial charge in [0.2, 0.25) is 5.91 Å². The molecule has 0 rings (SSSR count). The molecule has 4 heteroatoms. The van der Waals surface area contributed by atoms with Gasteiger partial charge in [-0.15, -0.1) is 0 Å². The maximum absolute atomic E-state index is 12.5. The largest absolute Gasteiger partial charge is 0.394 e. The Bertz CT molecular complexity index is 1110. The molecule has 3 N–H and O–H groups in total. The van der Waals surface area contributed by atoms with Gasteiger partial charge in [0.05, 0.1) is 18.8 Å². The Kier molecular flexibility index (Phi) is 60.2. The van der Waals surface area contributed by atoms with E-state index in [-0.39, 0.29) is 12.5 Å². The molecule has 0 heterocycles. The summed E-state index contributed by atoms with van der Waals surface area (Å²) in [6.07, 6.45) is 86.0. The molecular weight excluding hydrogens is 855 g/mol. The molecule has 0 fully saturated rings. The number of allylic oxidation sites excluding steroid dienone is 7. The zero-order valence-corrected chi connectivity index (χ0v) is 47.6. The van der Waals surface area contributed by atoms with Gasteiger partial charge in [-0.2, -0.15) is 0 Å². The smallest absolute Gasteiger partial charge is 0.220 e. The first-order valence-corrected chi connectivity index (χ1v) is 31.9. The molecule has 0 aliphatic carbocycles. The summed E-state index contributed by atoms with van der Waals surface area (Å²) in [5.41, 5.74) is 0. The molecule has 412 valence electrons. The van der Waals surface area contributed by atoms with E-state index in [0.29, 0.717) is 6.42 Å². The average molecular weight is 981 g/mol. The summed E-state index contributed by atoms with van der Waals surface area (Å²) in [6.45, 7) is 4.33. The van der Waals surface area contributed by atoms with Crippen LogP contribution in [0.15, 0.2) is 48.6 Å². The number of carbonyl (C=O) groups excluding carboxylic acids is 1. The van der Waals surface area contributed by atoms with E-state index in [1.807, 2.05) is 6.08 Å². The summed E-state index contributed by atoms with van der Waals surface area (Å²) < 4.78 is 0. The average Bonchev–Trinajstić information content (AvgIpc) is 3.36. The molecule has 0 aliphatic heterocycles. The van der Waals surface area contributed by atoms with Gasteiger partial charge >= 0.3 is 0 Å². The van der Waals surface area contributed by atoms with Crippen molar-refractivity contribution in [1.82, 2.24) is 5.32 Å². The summed E-state index contributed by atoms with van der Waals surface area (Å²) >= 11 is 0. The van der Waals surface area contributed by atoms with Crippen molar-refractivity contribution in [3.05, 3.63) is 48.6 Å². The van der Waals surface area contributed by atoms with Crippen molar-refractivity contribution in [3.63, 3.8) is 0 Å². The second-order valence-corrected chi connectivity index (χ2v) is 21.8. The summed E-state index contributed by atoms with van der Waals surface area (Å²) in [6, 6.07) is -0.640. The zero-order chi connectivity index (χ0) is 50.6. The Morgan fingerprint density at radius 2 is 0.600 bits per heavy atom. The molecule has 70 heavy (non-hydrogen) atoms. The summed E-state index contributed by atoms with van der Waals surface area (Å²) in [5, 5.41) is 23.2. The topological polar surface area (TPSA) is 69.6 Å². The number of carbonyl (C=O) groups is 1. The highest BCUT2D eigenvalue weighted by Crippen LogP contribution is 2.18. The summed E-state index contributed by atoms with van der Waals surface area (Å²) in [5.74, 6) is -0.0687. The van der Waals surface area contributed by atoms with Gasteiger partial charge in [0, 0.05) is 6.42 Å². The molecule has 0 aromatic heterocycles. The highest BCUT2D eigenvalue weighted by molar-refractivity contribution is 5.76. The molecule has 0 radical (unpaired) electrons. The lowest BCUT2D eigenvalue weighted by Gasteiger charge is -2.19. The van der Waals surface area contributed by atoms with Crippen LogP contribution in [0.2, 0.25) is 0 Å². The van der Waals surface area contributed by atoms with Gasteiger partial charge in [0.1, 0.15) is 0 Å². The standard InChI is InChI=1S/C66H125NO3/c1-3-5-7-9-11-13-15-17-19-21-23-25-27-29-30-31-32-33-34-35-36-38-40-42-44-46-48-50-52-54-56-58-60-62-66(70)67-64(63-68)65(69)61-59-57-55-53-51-49-47-45-43-41-39-37-28-26-24-22-20-18-16-14-12-10-8-6-4-2/h23,25,29-30,51,53,59,61,64-65,68-69H,3-22,24,26-28,31-50,52,54-58,60,62-63H2,1-2H3,(H,67,70)/b25-23-,30-29-,53-51+,61-59+. The van der Waals surface area contributed by atoms with Gasteiger partial charge in [-0.3, -0.25) is 4.79 Å². The quantitative estimate of drug-likeness (QED) is 0.0420. The van der Waals surface area contributed by atoms with E-state index in [1.165, 1.54) is 289 Å². The van der Waals surface area contributed by atoms with Crippen molar-refractivity contribution in [2.24, 2.45) is 0 Å². The number of aliphatic hydroxyl groups excluding tert-OH is 2. The monoisotopic (exact) mass is 980 g/mol. The van der Waals surface area contributed by atoms with E-state index in [1.54, 1.807) is 6.08 Å². The Hall–Kier alpha value is -1.65. The number of amides is 1. The predicted molar refractivity (Wildman–Crippen MR) is 313 cm³/mol.